The van der Waals surface area contributed by atoms with Crippen LogP contribution in [0.2, 0.25) is 0 Å². The average molecular weight is 394 g/mol. The molecule has 0 spiro atoms. The lowest BCUT2D eigenvalue weighted by Crippen LogP contribution is -2.35. The molecule has 7 nitrogen and oxygen atoms in total. The number of benzene rings is 1. The molecule has 1 aromatic heterocycles. The minimum absolute atomic E-state index is 0.00352. The predicted octanol–water partition coefficient (Wildman–Crippen LogP) is 2.86. The molecule has 0 saturated carbocycles. The summed E-state index contributed by atoms with van der Waals surface area (Å²) in [4.78, 5) is 25.7. The van der Waals surface area contributed by atoms with Crippen molar-refractivity contribution in [1.82, 2.24) is 15.1 Å². The van der Waals surface area contributed by atoms with E-state index in [4.69, 9.17) is 0 Å². The summed E-state index contributed by atoms with van der Waals surface area (Å²) in [6.45, 7) is 6.03. The third kappa shape index (κ3) is 6.64. The van der Waals surface area contributed by atoms with Gasteiger partial charge in [0.1, 0.15) is 0 Å². The Morgan fingerprint density at radius 2 is 1.92 bits per heavy atom. The number of anilines is 2. The molecule has 1 aromatic carbocycles. The summed E-state index contributed by atoms with van der Waals surface area (Å²) in [7, 11) is 1.61. The van der Waals surface area contributed by atoms with E-state index in [0.717, 1.165) is 20.7 Å². The molecule has 2 aromatic rings. The molecule has 9 heteroatoms. The van der Waals surface area contributed by atoms with E-state index in [9.17, 15) is 9.59 Å². The van der Waals surface area contributed by atoms with Crippen molar-refractivity contribution in [3.05, 3.63) is 29.8 Å². The van der Waals surface area contributed by atoms with Crippen LogP contribution in [-0.4, -0.2) is 52.3 Å². The number of carbonyl (C=O) groups is 2. The van der Waals surface area contributed by atoms with Crippen LogP contribution in [0, 0.1) is 6.92 Å². The quantitative estimate of drug-likeness (QED) is 0.671. The largest absolute Gasteiger partial charge is 0.358 e. The second-order valence-electron chi connectivity index (χ2n) is 6.12. The Labute approximate surface area is 161 Å². The first-order chi connectivity index (χ1) is 12.3. The summed E-state index contributed by atoms with van der Waals surface area (Å²) in [5, 5.41) is 14.8. The number of thioether (sulfide) groups is 1. The summed E-state index contributed by atoms with van der Waals surface area (Å²) < 4.78 is 0.721. The first kappa shape index (κ1) is 20.2. The Bertz CT molecular complexity index is 746. The van der Waals surface area contributed by atoms with E-state index >= 15 is 0 Å². The lowest BCUT2D eigenvalue weighted by molar-refractivity contribution is -0.131. The number of aromatic nitrogens is 2. The molecule has 0 aliphatic rings. The van der Waals surface area contributed by atoms with Crippen LogP contribution in [0.1, 0.15) is 19.4 Å². The highest BCUT2D eigenvalue weighted by atomic mass is 32.2. The monoisotopic (exact) mass is 393 g/mol. The molecule has 0 saturated heterocycles. The minimum atomic E-state index is -0.228. The number of nitrogens with zero attached hydrogens (tertiary/aromatic N) is 3. The molecule has 2 rings (SSSR count). The van der Waals surface area contributed by atoms with Gasteiger partial charge in [-0.05, 0) is 32.9 Å². The maximum atomic E-state index is 12.2. The summed E-state index contributed by atoms with van der Waals surface area (Å²) in [5.74, 6) is -0.151. The van der Waals surface area contributed by atoms with Crippen molar-refractivity contribution in [1.29, 1.82) is 0 Å². The summed E-state index contributed by atoms with van der Waals surface area (Å²) in [6.07, 6.45) is 0. The zero-order valence-electron chi connectivity index (χ0n) is 15.3. The van der Waals surface area contributed by atoms with Gasteiger partial charge in [0.2, 0.25) is 16.9 Å². The van der Waals surface area contributed by atoms with E-state index in [2.05, 4.69) is 20.8 Å². The van der Waals surface area contributed by atoms with Crippen LogP contribution >= 0.6 is 23.1 Å². The van der Waals surface area contributed by atoms with Crippen molar-refractivity contribution in [3.63, 3.8) is 0 Å². The number of hydrogen-bond donors (Lipinski definition) is 2. The van der Waals surface area contributed by atoms with Crippen LogP contribution in [0.25, 0.3) is 0 Å². The van der Waals surface area contributed by atoms with Crippen LogP contribution in [0.15, 0.2) is 28.6 Å². The Morgan fingerprint density at radius 3 is 2.58 bits per heavy atom. The Hall–Kier alpha value is -2.13. The number of nitrogens with one attached hydrogen (secondary N) is 2. The van der Waals surface area contributed by atoms with E-state index in [0.29, 0.717) is 0 Å². The Kier molecular flexibility index (Phi) is 7.40. The van der Waals surface area contributed by atoms with Crippen LogP contribution in [0.3, 0.4) is 0 Å². The first-order valence-corrected chi connectivity index (χ1v) is 9.97. The zero-order chi connectivity index (χ0) is 19.1. The van der Waals surface area contributed by atoms with Gasteiger partial charge in [0.15, 0.2) is 4.34 Å². The molecule has 0 fully saturated rings. The van der Waals surface area contributed by atoms with Crippen LogP contribution in [0.5, 0.6) is 0 Å². The van der Waals surface area contributed by atoms with Gasteiger partial charge >= 0.3 is 0 Å². The number of aryl methyl sites for hydroxylation is 1. The summed E-state index contributed by atoms with van der Waals surface area (Å²) >= 11 is 2.73. The normalized spacial score (nSPS) is 10.7. The van der Waals surface area contributed by atoms with Crippen LogP contribution in [0.4, 0.5) is 10.8 Å². The van der Waals surface area contributed by atoms with Crippen molar-refractivity contribution in [2.24, 2.45) is 0 Å². The predicted molar refractivity (Wildman–Crippen MR) is 107 cm³/mol. The van der Waals surface area contributed by atoms with Crippen molar-refractivity contribution >= 4 is 45.7 Å². The molecule has 0 unspecified atom stereocenters. The van der Waals surface area contributed by atoms with E-state index in [1.54, 1.807) is 7.05 Å². The maximum absolute atomic E-state index is 12.2. The highest BCUT2D eigenvalue weighted by Crippen LogP contribution is 2.25. The fourth-order valence-electron chi connectivity index (χ4n) is 1.95. The topological polar surface area (TPSA) is 87.2 Å². The van der Waals surface area contributed by atoms with E-state index in [1.807, 2.05) is 45.0 Å². The fraction of sp³-hybridized carbons (Fsp3) is 0.412. The fourth-order valence-corrected chi connectivity index (χ4v) is 3.79. The van der Waals surface area contributed by atoms with Gasteiger partial charge in [0, 0.05) is 18.8 Å². The van der Waals surface area contributed by atoms with Gasteiger partial charge in [-0.1, -0.05) is 40.8 Å². The number of likely N-dealkylation sites (N-methyl/N-ethyl adjacent to an activating group) is 1. The molecular weight excluding hydrogens is 370 g/mol. The van der Waals surface area contributed by atoms with Crippen LogP contribution < -0.4 is 10.6 Å². The molecule has 0 atom stereocenters. The van der Waals surface area contributed by atoms with Gasteiger partial charge in [0.05, 0.1) is 12.3 Å². The zero-order valence-corrected chi connectivity index (χ0v) is 16.9. The van der Waals surface area contributed by atoms with E-state index in [-0.39, 0.29) is 30.2 Å². The highest BCUT2D eigenvalue weighted by molar-refractivity contribution is 8.01. The van der Waals surface area contributed by atoms with E-state index in [1.165, 1.54) is 28.0 Å². The standard InChI is InChI=1S/C17H23N5O2S2/c1-11(2)18-16-20-21-17(26-16)25-10-15(24)22(4)9-14(23)19-13-7-5-12(3)6-8-13/h5-8,11H,9-10H2,1-4H3,(H,18,20)(H,19,23). The summed E-state index contributed by atoms with van der Waals surface area (Å²) in [6, 6.07) is 7.80. The first-order valence-electron chi connectivity index (χ1n) is 8.17. The second kappa shape index (κ2) is 9.54. The van der Waals surface area contributed by atoms with Gasteiger partial charge in [-0.25, -0.2) is 0 Å². The molecule has 2 amide bonds. The Morgan fingerprint density at radius 1 is 1.23 bits per heavy atom. The second-order valence-corrected chi connectivity index (χ2v) is 8.32. The third-order valence-electron chi connectivity index (χ3n) is 3.28. The van der Waals surface area contributed by atoms with Gasteiger partial charge in [0.25, 0.3) is 0 Å². The number of hydrogen-bond acceptors (Lipinski definition) is 7. The summed E-state index contributed by atoms with van der Waals surface area (Å²) in [5.41, 5.74) is 1.84. The molecule has 0 bridgehead atoms. The minimum Gasteiger partial charge on any atom is -0.358 e. The van der Waals surface area contributed by atoms with Crippen molar-refractivity contribution in [2.75, 3.05) is 30.0 Å². The van der Waals surface area contributed by atoms with Gasteiger partial charge in [-0.15, -0.1) is 10.2 Å². The average Bonchev–Trinajstić information content (AvgIpc) is 3.01. The number of amides is 2. The molecule has 26 heavy (non-hydrogen) atoms. The molecule has 2 N–H and O–H groups in total. The SMILES string of the molecule is Cc1ccc(NC(=O)CN(C)C(=O)CSc2nnc(NC(C)C)s2)cc1. The molecule has 0 radical (unpaired) electrons. The lowest BCUT2D eigenvalue weighted by Gasteiger charge is -2.16. The van der Waals surface area contributed by atoms with Gasteiger partial charge in [-0.3, -0.25) is 9.59 Å². The number of carbonyl (C=O) groups excluding carboxylic acids is 2. The molecule has 0 aliphatic carbocycles. The third-order valence-corrected chi connectivity index (χ3v) is 5.25. The van der Waals surface area contributed by atoms with Crippen molar-refractivity contribution in [2.45, 2.75) is 31.2 Å². The van der Waals surface area contributed by atoms with Crippen molar-refractivity contribution in [3.8, 4) is 0 Å². The highest BCUT2D eigenvalue weighted by Gasteiger charge is 2.15. The van der Waals surface area contributed by atoms with Gasteiger partial charge in [-0.2, -0.15) is 0 Å². The maximum Gasteiger partial charge on any atom is 0.243 e. The molecular formula is C17H23N5O2S2. The van der Waals surface area contributed by atoms with Crippen LogP contribution in [-0.2, 0) is 9.59 Å². The Balaban J connectivity index is 1.76. The number of rotatable bonds is 8. The molecule has 140 valence electrons. The van der Waals surface area contributed by atoms with Crippen molar-refractivity contribution < 1.29 is 9.59 Å². The van der Waals surface area contributed by atoms with Gasteiger partial charge < -0.3 is 15.5 Å². The van der Waals surface area contributed by atoms with E-state index < -0.39 is 0 Å². The lowest BCUT2D eigenvalue weighted by atomic mass is 10.2. The smallest absolute Gasteiger partial charge is 0.243 e. The molecule has 1 heterocycles. The molecule has 0 aliphatic heterocycles.